The van der Waals surface area contributed by atoms with Gasteiger partial charge >= 0.3 is 0 Å². The summed E-state index contributed by atoms with van der Waals surface area (Å²) < 4.78 is 13.5. The number of hydrogen-bond donors (Lipinski definition) is 1. The average Bonchev–Trinajstić information content (AvgIpc) is 3.32. The van der Waals surface area contributed by atoms with Crippen molar-refractivity contribution in [3.63, 3.8) is 0 Å². The molecule has 0 spiro atoms. The first-order chi connectivity index (χ1) is 17.0. The van der Waals surface area contributed by atoms with E-state index in [1.807, 2.05) is 72.3 Å². The predicted octanol–water partition coefficient (Wildman–Crippen LogP) is 5.47. The molecule has 3 aromatic carbocycles. The summed E-state index contributed by atoms with van der Waals surface area (Å²) in [6.07, 6.45) is 3.36. The quantitative estimate of drug-likeness (QED) is 0.360. The summed E-state index contributed by atoms with van der Waals surface area (Å²) in [6.45, 7) is 0.254. The van der Waals surface area contributed by atoms with E-state index in [1.165, 1.54) is 0 Å². The largest absolute Gasteiger partial charge is 0.489 e. The number of hydrogen-bond acceptors (Lipinski definition) is 5. The fraction of sp³-hybridized carbons (Fsp3) is 0.143. The number of aryl methyl sites for hydroxylation is 1. The van der Waals surface area contributed by atoms with Crippen LogP contribution in [0.1, 0.15) is 22.4 Å². The van der Waals surface area contributed by atoms with Gasteiger partial charge in [0.1, 0.15) is 12.4 Å². The zero-order valence-electron chi connectivity index (χ0n) is 19.2. The van der Waals surface area contributed by atoms with Gasteiger partial charge in [-0.05, 0) is 58.7 Å². The SMILES string of the molecule is COc1cc2c3cc(ccc3n1)C(O)(c1cncn1C)c1ccc(Cl)c(c1)COc1cccc-2c1. The Labute approximate surface area is 207 Å². The van der Waals surface area contributed by atoms with Gasteiger partial charge in [0, 0.05) is 29.1 Å². The highest BCUT2D eigenvalue weighted by Crippen LogP contribution is 2.41. The minimum atomic E-state index is -1.50. The number of rotatable bonds is 2. The van der Waals surface area contributed by atoms with Crippen LogP contribution in [-0.4, -0.2) is 26.8 Å². The molecule has 1 unspecified atom stereocenters. The first kappa shape index (κ1) is 21.6. The van der Waals surface area contributed by atoms with Crippen LogP contribution in [0.3, 0.4) is 0 Å². The van der Waals surface area contributed by atoms with E-state index in [2.05, 4.69) is 9.97 Å². The van der Waals surface area contributed by atoms with E-state index >= 15 is 0 Å². The molecule has 0 fully saturated rings. The summed E-state index contributed by atoms with van der Waals surface area (Å²) in [5, 5.41) is 13.9. The molecule has 2 aromatic heterocycles. The maximum Gasteiger partial charge on any atom is 0.214 e. The lowest BCUT2D eigenvalue weighted by atomic mass is 9.82. The van der Waals surface area contributed by atoms with Crippen molar-refractivity contribution >= 4 is 22.5 Å². The Bertz CT molecular complexity index is 1600. The van der Waals surface area contributed by atoms with Crippen molar-refractivity contribution in [2.24, 2.45) is 7.05 Å². The van der Waals surface area contributed by atoms with Gasteiger partial charge in [-0.1, -0.05) is 35.9 Å². The van der Waals surface area contributed by atoms with Crippen molar-refractivity contribution in [3.8, 4) is 22.8 Å². The van der Waals surface area contributed by atoms with Gasteiger partial charge in [-0.25, -0.2) is 9.97 Å². The Morgan fingerprint density at radius 2 is 1.89 bits per heavy atom. The lowest BCUT2D eigenvalue weighted by Crippen LogP contribution is -2.31. The second-order valence-corrected chi connectivity index (χ2v) is 9.07. The predicted molar refractivity (Wildman–Crippen MR) is 135 cm³/mol. The van der Waals surface area contributed by atoms with Crippen LogP contribution in [-0.2, 0) is 19.3 Å². The van der Waals surface area contributed by atoms with Gasteiger partial charge in [-0.3, -0.25) is 0 Å². The maximum absolute atomic E-state index is 12.5. The van der Waals surface area contributed by atoms with E-state index < -0.39 is 5.60 Å². The Hall–Kier alpha value is -3.87. The third-order valence-electron chi connectivity index (χ3n) is 6.60. The monoisotopic (exact) mass is 483 g/mol. The fourth-order valence-electron chi connectivity index (χ4n) is 4.76. The molecule has 1 atom stereocenters. The smallest absolute Gasteiger partial charge is 0.214 e. The third-order valence-corrected chi connectivity index (χ3v) is 6.97. The van der Waals surface area contributed by atoms with Gasteiger partial charge in [0.25, 0.3) is 0 Å². The summed E-state index contributed by atoms with van der Waals surface area (Å²) in [6, 6.07) is 21.1. The molecule has 0 aliphatic carbocycles. The highest BCUT2D eigenvalue weighted by atomic mass is 35.5. The summed E-state index contributed by atoms with van der Waals surface area (Å²) in [4.78, 5) is 8.94. The molecule has 6 nitrogen and oxygen atoms in total. The number of aromatic nitrogens is 3. The molecule has 0 saturated carbocycles. The number of pyridine rings is 1. The molecule has 7 heteroatoms. The molecular weight excluding hydrogens is 462 g/mol. The topological polar surface area (TPSA) is 69.4 Å². The molecular formula is C28H22ClN3O3. The molecule has 6 rings (SSSR count). The van der Waals surface area contributed by atoms with Gasteiger partial charge in [0.15, 0.2) is 5.60 Å². The number of imidazole rings is 1. The molecule has 1 aliphatic rings. The van der Waals surface area contributed by atoms with Crippen molar-refractivity contribution in [1.82, 2.24) is 14.5 Å². The maximum atomic E-state index is 12.5. The number of aliphatic hydroxyl groups is 1. The normalized spacial score (nSPS) is 16.8. The summed E-state index contributed by atoms with van der Waals surface area (Å²) >= 11 is 6.55. The Morgan fingerprint density at radius 3 is 2.69 bits per heavy atom. The van der Waals surface area contributed by atoms with E-state index in [-0.39, 0.29) is 6.61 Å². The van der Waals surface area contributed by atoms with Crippen LogP contribution in [0.15, 0.2) is 79.3 Å². The van der Waals surface area contributed by atoms with Gasteiger partial charge in [0.05, 0.1) is 30.8 Å². The highest BCUT2D eigenvalue weighted by molar-refractivity contribution is 6.31. The van der Waals surface area contributed by atoms with Crippen molar-refractivity contribution in [2.45, 2.75) is 12.2 Å². The molecule has 0 saturated heterocycles. The van der Waals surface area contributed by atoms with Crippen molar-refractivity contribution in [3.05, 3.63) is 107 Å². The second kappa shape index (κ2) is 8.12. The molecule has 3 heterocycles. The van der Waals surface area contributed by atoms with E-state index in [0.717, 1.165) is 27.6 Å². The highest BCUT2D eigenvalue weighted by Gasteiger charge is 2.37. The summed E-state index contributed by atoms with van der Waals surface area (Å²) in [5.41, 5.74) is 3.89. The van der Waals surface area contributed by atoms with Gasteiger partial charge in [-0.2, -0.15) is 0 Å². The zero-order chi connectivity index (χ0) is 24.2. The minimum absolute atomic E-state index is 0.254. The molecule has 0 radical (unpaired) electrons. The molecule has 0 amide bonds. The summed E-state index contributed by atoms with van der Waals surface area (Å²) in [7, 11) is 3.47. The molecule has 5 aromatic rings. The van der Waals surface area contributed by atoms with Crippen molar-refractivity contribution in [2.75, 3.05) is 7.11 Å². The first-order valence-electron chi connectivity index (χ1n) is 11.2. The van der Waals surface area contributed by atoms with E-state index in [4.69, 9.17) is 21.1 Å². The second-order valence-electron chi connectivity index (χ2n) is 8.67. The number of ether oxygens (including phenoxy) is 2. The van der Waals surface area contributed by atoms with Gasteiger partial charge < -0.3 is 19.1 Å². The number of halogens is 1. The van der Waals surface area contributed by atoms with Crippen molar-refractivity contribution in [1.29, 1.82) is 0 Å². The van der Waals surface area contributed by atoms with Crippen LogP contribution in [0.4, 0.5) is 0 Å². The molecule has 35 heavy (non-hydrogen) atoms. The molecule has 174 valence electrons. The lowest BCUT2D eigenvalue weighted by molar-refractivity contribution is 0.117. The van der Waals surface area contributed by atoms with E-state index in [9.17, 15) is 5.11 Å². The molecule has 1 N–H and O–H groups in total. The van der Waals surface area contributed by atoms with E-state index in [1.54, 1.807) is 25.7 Å². The standard InChI is InChI=1S/C28H22ClN3O3/c1-32-16-30-14-26(32)28(33)19-6-8-24(29)18(10-19)15-35-21-5-3-4-17(11-21)22-13-27(34-2)31-25-9-7-20(28)12-23(22)25/h3-14,16,33H,15H2,1-2H3. The number of methoxy groups -OCH3 is 1. The Morgan fingerprint density at radius 1 is 1.06 bits per heavy atom. The van der Waals surface area contributed by atoms with Crippen LogP contribution >= 0.6 is 11.6 Å². The average molecular weight is 484 g/mol. The van der Waals surface area contributed by atoms with Crippen LogP contribution in [0.25, 0.3) is 22.0 Å². The van der Waals surface area contributed by atoms with Crippen LogP contribution in [0.2, 0.25) is 5.02 Å². The molecule has 1 aliphatic heterocycles. The minimum Gasteiger partial charge on any atom is -0.489 e. The van der Waals surface area contributed by atoms with Crippen LogP contribution in [0, 0.1) is 0 Å². The third kappa shape index (κ3) is 3.45. The zero-order valence-corrected chi connectivity index (χ0v) is 20.0. The number of fused-ring (bicyclic) bond motifs is 6. The lowest BCUT2D eigenvalue weighted by Gasteiger charge is -2.30. The Kier molecular flexibility index (Phi) is 5.02. The first-order valence-corrected chi connectivity index (χ1v) is 11.6. The Balaban J connectivity index is 1.73. The number of benzene rings is 3. The van der Waals surface area contributed by atoms with Gasteiger partial charge in [0.2, 0.25) is 5.88 Å². The molecule has 6 bridgehead atoms. The van der Waals surface area contributed by atoms with E-state index in [0.29, 0.717) is 33.5 Å². The fourth-order valence-corrected chi connectivity index (χ4v) is 4.94. The van der Waals surface area contributed by atoms with Gasteiger partial charge in [-0.15, -0.1) is 0 Å². The van der Waals surface area contributed by atoms with Crippen LogP contribution < -0.4 is 9.47 Å². The van der Waals surface area contributed by atoms with Crippen LogP contribution in [0.5, 0.6) is 11.6 Å². The number of nitrogens with zero attached hydrogens (tertiary/aromatic N) is 3. The van der Waals surface area contributed by atoms with Crippen molar-refractivity contribution < 1.29 is 14.6 Å². The summed E-state index contributed by atoms with van der Waals surface area (Å²) in [5.74, 6) is 1.22.